The number of rotatable bonds is 4. The Kier molecular flexibility index (Phi) is 5.54. The van der Waals surface area contributed by atoms with E-state index in [9.17, 15) is 35.5 Å². The van der Waals surface area contributed by atoms with Crippen molar-refractivity contribution in [1.82, 2.24) is 14.4 Å². The average molecular weight is 482 g/mol. The third-order valence-electron chi connectivity index (χ3n) is 4.98. The Balaban J connectivity index is 1.56. The molecule has 0 fully saturated rings. The lowest BCUT2D eigenvalue weighted by atomic mass is 9.93. The van der Waals surface area contributed by atoms with Crippen LogP contribution < -0.4 is 5.32 Å². The lowest BCUT2D eigenvalue weighted by molar-refractivity contribution is -0.348. The first-order valence-electron chi connectivity index (χ1n) is 9.54. The molecule has 2 aromatic heterocycles. The maximum Gasteiger partial charge on any atom is 0.435 e. The minimum atomic E-state index is -6.23. The summed E-state index contributed by atoms with van der Waals surface area (Å²) in [5.41, 5.74) is -6.04. The number of benzene rings is 2. The minimum absolute atomic E-state index is 0.266. The third-order valence-corrected chi connectivity index (χ3v) is 4.98. The van der Waals surface area contributed by atoms with E-state index in [1.54, 1.807) is 47.3 Å². The van der Waals surface area contributed by atoms with Gasteiger partial charge in [0, 0.05) is 41.0 Å². The number of alkyl halides is 7. The molecule has 34 heavy (non-hydrogen) atoms. The van der Waals surface area contributed by atoms with Gasteiger partial charge in [-0.15, -0.1) is 0 Å². The Bertz CT molecular complexity index is 1300. The Morgan fingerprint density at radius 1 is 0.882 bits per heavy atom. The molecule has 0 aliphatic heterocycles. The molecular weight excluding hydrogens is 469 g/mol. The summed E-state index contributed by atoms with van der Waals surface area (Å²) in [5.74, 6) is -0.363. The molecule has 2 heterocycles. The summed E-state index contributed by atoms with van der Waals surface area (Å²) in [6.45, 7) is 0. The zero-order chi connectivity index (χ0) is 24.7. The van der Waals surface area contributed by atoms with Gasteiger partial charge in [-0.2, -0.15) is 26.3 Å². The molecule has 0 saturated heterocycles. The smallest absolute Gasteiger partial charge is 0.322 e. The van der Waals surface area contributed by atoms with Crippen molar-refractivity contribution in [2.24, 2.45) is 0 Å². The van der Waals surface area contributed by atoms with Crippen LogP contribution in [0.5, 0.6) is 0 Å². The van der Waals surface area contributed by atoms with Crippen LogP contribution >= 0.6 is 0 Å². The lowest BCUT2D eigenvalue weighted by Crippen LogP contribution is -2.50. The van der Waals surface area contributed by atoms with Gasteiger partial charge in [0.15, 0.2) is 0 Å². The Labute approximate surface area is 186 Å². The Morgan fingerprint density at radius 2 is 1.56 bits per heavy atom. The topological polar surface area (TPSA) is 59.3 Å². The van der Waals surface area contributed by atoms with Gasteiger partial charge in [0.1, 0.15) is 0 Å². The molecule has 1 N–H and O–H groups in total. The number of hydrogen-bond donors (Lipinski definition) is 1. The van der Waals surface area contributed by atoms with Gasteiger partial charge in [0.2, 0.25) is 5.78 Å². The monoisotopic (exact) mass is 482 g/mol. The zero-order valence-electron chi connectivity index (χ0n) is 16.8. The van der Waals surface area contributed by atoms with Crippen molar-refractivity contribution in [2.45, 2.75) is 18.0 Å². The van der Waals surface area contributed by atoms with Gasteiger partial charge >= 0.3 is 18.0 Å². The van der Waals surface area contributed by atoms with E-state index in [0.717, 1.165) is 0 Å². The van der Waals surface area contributed by atoms with E-state index in [2.05, 4.69) is 15.3 Å². The number of fused-ring (bicyclic) bond motifs is 1. The van der Waals surface area contributed by atoms with Gasteiger partial charge in [-0.25, -0.2) is 14.4 Å². The number of imidazole rings is 1. The minimum Gasteiger partial charge on any atom is -0.322 e. The average Bonchev–Trinajstić information content (AvgIpc) is 3.22. The predicted octanol–water partition coefficient (Wildman–Crippen LogP) is 5.94. The van der Waals surface area contributed by atoms with Crippen LogP contribution in [-0.2, 0) is 5.67 Å². The molecule has 4 aromatic rings. The van der Waals surface area contributed by atoms with Crippen LogP contribution in [0.4, 0.5) is 36.4 Å². The van der Waals surface area contributed by atoms with Crippen molar-refractivity contribution in [3.63, 3.8) is 0 Å². The molecule has 0 unspecified atom stereocenters. The second-order valence-electron chi connectivity index (χ2n) is 7.22. The van der Waals surface area contributed by atoms with E-state index in [-0.39, 0.29) is 17.7 Å². The zero-order valence-corrected chi connectivity index (χ0v) is 16.8. The number of aromatic nitrogens is 3. The van der Waals surface area contributed by atoms with Crippen LogP contribution in [0.2, 0.25) is 0 Å². The first kappa shape index (κ1) is 23.2. The number of hydrogen-bond acceptors (Lipinski definition) is 3. The molecule has 5 nitrogen and oxygen atoms in total. The summed E-state index contributed by atoms with van der Waals surface area (Å²) in [6.07, 6.45) is -7.43. The maximum atomic E-state index is 14.1. The second-order valence-corrected chi connectivity index (χ2v) is 7.22. The van der Waals surface area contributed by atoms with Crippen LogP contribution in [0, 0.1) is 0 Å². The van der Waals surface area contributed by atoms with Gasteiger partial charge < -0.3 is 5.32 Å². The summed E-state index contributed by atoms with van der Waals surface area (Å²) in [5, 5.41) is 2.49. The van der Waals surface area contributed by atoms with E-state index < -0.39 is 29.5 Å². The number of amides is 1. The number of halogens is 7. The summed E-state index contributed by atoms with van der Waals surface area (Å²) in [4.78, 5) is 20.9. The van der Waals surface area contributed by atoms with Gasteiger partial charge in [0.05, 0.1) is 5.69 Å². The van der Waals surface area contributed by atoms with Gasteiger partial charge in [-0.1, -0.05) is 24.3 Å². The fourth-order valence-electron chi connectivity index (χ4n) is 3.27. The Morgan fingerprint density at radius 3 is 2.18 bits per heavy atom. The van der Waals surface area contributed by atoms with E-state index in [1.807, 2.05) is 0 Å². The van der Waals surface area contributed by atoms with Crippen molar-refractivity contribution >= 4 is 17.4 Å². The first-order chi connectivity index (χ1) is 15.9. The van der Waals surface area contributed by atoms with Crippen LogP contribution in [-0.4, -0.2) is 32.6 Å². The van der Waals surface area contributed by atoms with E-state index in [1.165, 1.54) is 6.07 Å². The largest absolute Gasteiger partial charge is 0.435 e. The lowest BCUT2D eigenvalue weighted by Gasteiger charge is -2.30. The van der Waals surface area contributed by atoms with Gasteiger partial charge in [-0.05, 0) is 30.3 Å². The maximum absolute atomic E-state index is 14.1. The summed E-state index contributed by atoms with van der Waals surface area (Å²) in [6, 6.07) is 10.1. The predicted molar refractivity (Wildman–Crippen MR) is 108 cm³/mol. The first-order valence-corrected chi connectivity index (χ1v) is 9.54. The third kappa shape index (κ3) is 4.06. The quantitative estimate of drug-likeness (QED) is 0.367. The summed E-state index contributed by atoms with van der Waals surface area (Å²) in [7, 11) is 0. The van der Waals surface area contributed by atoms with Crippen molar-refractivity contribution in [3.05, 3.63) is 84.3 Å². The highest BCUT2D eigenvalue weighted by molar-refractivity contribution is 6.04. The van der Waals surface area contributed by atoms with Crippen molar-refractivity contribution in [3.8, 4) is 11.3 Å². The summed E-state index contributed by atoms with van der Waals surface area (Å²) < 4.78 is 93.2. The van der Waals surface area contributed by atoms with E-state index in [4.69, 9.17) is 0 Å². The molecule has 0 aliphatic rings. The Hall–Kier alpha value is -3.96. The van der Waals surface area contributed by atoms with Crippen molar-refractivity contribution in [2.75, 3.05) is 5.32 Å². The molecule has 0 bridgehead atoms. The molecule has 0 radical (unpaired) electrons. The molecule has 176 valence electrons. The van der Waals surface area contributed by atoms with Crippen molar-refractivity contribution < 1.29 is 35.5 Å². The van der Waals surface area contributed by atoms with Crippen LogP contribution in [0.25, 0.3) is 17.0 Å². The molecule has 0 aliphatic carbocycles. The van der Waals surface area contributed by atoms with Crippen LogP contribution in [0.1, 0.15) is 15.9 Å². The molecule has 0 saturated carbocycles. The number of carbonyl (C=O) groups is 1. The fourth-order valence-corrected chi connectivity index (χ4v) is 3.27. The second kappa shape index (κ2) is 8.12. The molecule has 0 spiro atoms. The highest BCUT2D eigenvalue weighted by Crippen LogP contribution is 2.53. The number of anilines is 1. The van der Waals surface area contributed by atoms with Gasteiger partial charge in [0.25, 0.3) is 5.91 Å². The molecule has 0 atom stereocenters. The highest BCUT2D eigenvalue weighted by Gasteiger charge is 2.73. The highest BCUT2D eigenvalue weighted by atomic mass is 19.4. The molecule has 4 rings (SSSR count). The molecule has 12 heteroatoms. The van der Waals surface area contributed by atoms with E-state index >= 15 is 0 Å². The van der Waals surface area contributed by atoms with Gasteiger partial charge in [-0.3, -0.25) is 9.20 Å². The van der Waals surface area contributed by atoms with Crippen LogP contribution in [0.3, 0.4) is 0 Å². The number of nitrogens with one attached hydrogen (secondary N) is 1. The molecule has 1 amide bonds. The van der Waals surface area contributed by atoms with Crippen molar-refractivity contribution in [1.29, 1.82) is 0 Å². The molecule has 2 aromatic carbocycles. The van der Waals surface area contributed by atoms with Crippen LogP contribution in [0.15, 0.2) is 73.2 Å². The number of carbonyl (C=O) groups excluding carboxylic acids is 1. The summed E-state index contributed by atoms with van der Waals surface area (Å²) >= 11 is 0. The standard InChI is InChI=1S/C22H13F7N4O/c23-20(21(24,25)26,22(27,28)29)15-7-5-13(6-8-15)18(34)31-16-4-1-3-14(11-16)17-12-33-10-2-9-30-19(33)32-17/h1-12H,(H,31,34). The van der Waals surface area contributed by atoms with E-state index in [0.29, 0.717) is 34.9 Å². The number of nitrogens with zero attached hydrogens (tertiary/aromatic N) is 3. The SMILES string of the molecule is O=C(Nc1cccc(-c2cn3cccnc3n2)c1)c1ccc(C(F)(C(F)(F)F)C(F)(F)F)cc1. The molecular formula is C22H13F7N4O. The normalized spacial score (nSPS) is 12.7. The fraction of sp³-hybridized carbons (Fsp3) is 0.136.